The van der Waals surface area contributed by atoms with E-state index in [0.717, 1.165) is 11.3 Å². The summed E-state index contributed by atoms with van der Waals surface area (Å²) >= 11 is 0. The Kier molecular flexibility index (Phi) is 6.95. The predicted molar refractivity (Wildman–Crippen MR) is 113 cm³/mol. The van der Waals surface area contributed by atoms with Crippen LogP contribution in [0.1, 0.15) is 5.56 Å². The molecule has 0 heterocycles. The van der Waals surface area contributed by atoms with Crippen molar-refractivity contribution in [3.63, 3.8) is 0 Å². The number of amides is 2. The summed E-state index contributed by atoms with van der Waals surface area (Å²) in [5.74, 6) is 2.82. The van der Waals surface area contributed by atoms with E-state index >= 15 is 0 Å². The molecule has 3 rings (SSSR count). The number of rotatable bonds is 8. The monoisotopic (exact) mass is 392 g/mol. The number of anilines is 1. The van der Waals surface area contributed by atoms with Gasteiger partial charge in [0.2, 0.25) is 0 Å². The highest BCUT2D eigenvalue weighted by Gasteiger charge is 2.10. The van der Waals surface area contributed by atoms with Crippen molar-refractivity contribution in [1.29, 1.82) is 0 Å². The molecule has 6 nitrogen and oxygen atoms in total. The van der Waals surface area contributed by atoms with Gasteiger partial charge < -0.3 is 24.8 Å². The number of urea groups is 1. The Morgan fingerprint density at radius 3 is 2.24 bits per heavy atom. The van der Waals surface area contributed by atoms with Crippen molar-refractivity contribution in [2.75, 3.05) is 26.1 Å². The van der Waals surface area contributed by atoms with Gasteiger partial charge in [-0.2, -0.15) is 0 Å². The van der Waals surface area contributed by atoms with Crippen LogP contribution < -0.4 is 24.8 Å². The zero-order chi connectivity index (χ0) is 20.5. The second-order valence-corrected chi connectivity index (χ2v) is 6.22. The van der Waals surface area contributed by atoms with Gasteiger partial charge in [-0.25, -0.2) is 4.79 Å². The van der Waals surface area contributed by atoms with E-state index in [1.165, 1.54) is 0 Å². The van der Waals surface area contributed by atoms with E-state index < -0.39 is 0 Å². The molecule has 3 aromatic carbocycles. The molecule has 0 bridgehead atoms. The minimum absolute atomic E-state index is 0.274. The number of ether oxygens (including phenoxy) is 3. The van der Waals surface area contributed by atoms with Crippen molar-refractivity contribution < 1.29 is 19.0 Å². The Labute approximate surface area is 170 Å². The van der Waals surface area contributed by atoms with Gasteiger partial charge in [0.05, 0.1) is 14.2 Å². The zero-order valence-electron chi connectivity index (χ0n) is 16.5. The Hall–Kier alpha value is -3.67. The average Bonchev–Trinajstić information content (AvgIpc) is 2.75. The van der Waals surface area contributed by atoms with Crippen LogP contribution in [0, 0.1) is 0 Å². The molecule has 0 aromatic heterocycles. The Morgan fingerprint density at radius 1 is 0.828 bits per heavy atom. The summed E-state index contributed by atoms with van der Waals surface area (Å²) in [6.45, 7) is 0.463. The molecule has 0 spiro atoms. The quantitative estimate of drug-likeness (QED) is 0.574. The van der Waals surface area contributed by atoms with Gasteiger partial charge in [0.15, 0.2) is 11.5 Å². The first-order valence-corrected chi connectivity index (χ1v) is 9.27. The minimum Gasteiger partial charge on any atom is -0.493 e. The maximum atomic E-state index is 12.1. The van der Waals surface area contributed by atoms with Gasteiger partial charge in [-0.3, -0.25) is 0 Å². The molecule has 0 unspecified atom stereocenters. The lowest BCUT2D eigenvalue weighted by Gasteiger charge is -2.13. The number of hydrogen-bond donors (Lipinski definition) is 2. The van der Waals surface area contributed by atoms with Crippen LogP contribution in [0.2, 0.25) is 0 Å². The van der Waals surface area contributed by atoms with E-state index in [1.807, 2.05) is 60.7 Å². The number of benzene rings is 3. The lowest BCUT2D eigenvalue weighted by atomic mass is 10.1. The van der Waals surface area contributed by atoms with Crippen LogP contribution >= 0.6 is 0 Å². The van der Waals surface area contributed by atoms with Crippen molar-refractivity contribution in [2.45, 2.75) is 6.42 Å². The highest BCUT2D eigenvalue weighted by atomic mass is 16.5. The fourth-order valence-corrected chi connectivity index (χ4v) is 2.87. The summed E-state index contributed by atoms with van der Waals surface area (Å²) in [5.41, 5.74) is 1.65. The summed E-state index contributed by atoms with van der Waals surface area (Å²) in [4.78, 5) is 12.1. The molecule has 2 N–H and O–H groups in total. The molecular weight excluding hydrogens is 368 g/mol. The molecule has 0 fully saturated rings. The summed E-state index contributed by atoms with van der Waals surface area (Å²) in [7, 11) is 3.20. The summed E-state index contributed by atoms with van der Waals surface area (Å²) in [6, 6.07) is 22.2. The SMILES string of the molecule is COc1cccc(CCNC(=O)Nc2ccc(Oc3ccccc3)cc2)c1OC. The van der Waals surface area contributed by atoms with Crippen molar-refractivity contribution in [2.24, 2.45) is 0 Å². The van der Waals surface area contributed by atoms with Crippen LogP contribution in [0.3, 0.4) is 0 Å². The fraction of sp³-hybridized carbons (Fsp3) is 0.174. The van der Waals surface area contributed by atoms with Gasteiger partial charge in [0.1, 0.15) is 11.5 Å². The molecule has 0 atom stereocenters. The molecule has 0 aliphatic rings. The average molecular weight is 392 g/mol. The van der Waals surface area contributed by atoms with E-state index in [0.29, 0.717) is 35.9 Å². The molecule has 0 aliphatic heterocycles. The first-order chi connectivity index (χ1) is 14.2. The molecular formula is C23H24N2O4. The summed E-state index contributed by atoms with van der Waals surface area (Å²) < 4.78 is 16.4. The number of carbonyl (C=O) groups is 1. The number of carbonyl (C=O) groups excluding carboxylic acids is 1. The number of hydrogen-bond acceptors (Lipinski definition) is 4. The van der Waals surface area contributed by atoms with E-state index in [1.54, 1.807) is 26.4 Å². The van der Waals surface area contributed by atoms with Gasteiger partial charge in [-0.15, -0.1) is 0 Å². The predicted octanol–water partition coefficient (Wildman–Crippen LogP) is 4.86. The van der Waals surface area contributed by atoms with E-state index in [-0.39, 0.29) is 6.03 Å². The normalized spacial score (nSPS) is 10.1. The van der Waals surface area contributed by atoms with Crippen LogP contribution in [-0.4, -0.2) is 26.8 Å². The molecule has 29 heavy (non-hydrogen) atoms. The molecule has 0 aliphatic carbocycles. The maximum absolute atomic E-state index is 12.1. The lowest BCUT2D eigenvalue weighted by molar-refractivity contribution is 0.252. The zero-order valence-corrected chi connectivity index (χ0v) is 16.5. The third-order valence-electron chi connectivity index (χ3n) is 4.26. The van der Waals surface area contributed by atoms with Crippen molar-refractivity contribution in [3.8, 4) is 23.0 Å². The van der Waals surface area contributed by atoms with Crippen molar-refractivity contribution in [3.05, 3.63) is 78.4 Å². The first kappa shape index (κ1) is 20.1. The number of para-hydroxylation sites is 2. The Morgan fingerprint density at radius 2 is 1.55 bits per heavy atom. The van der Waals surface area contributed by atoms with Crippen LogP contribution in [0.5, 0.6) is 23.0 Å². The highest BCUT2D eigenvalue weighted by Crippen LogP contribution is 2.30. The molecule has 3 aromatic rings. The Bertz CT molecular complexity index is 927. The summed E-state index contributed by atoms with van der Waals surface area (Å²) in [6.07, 6.45) is 0.623. The van der Waals surface area contributed by atoms with Gasteiger partial charge in [-0.1, -0.05) is 30.3 Å². The molecule has 6 heteroatoms. The Balaban J connectivity index is 1.49. The van der Waals surface area contributed by atoms with E-state index in [4.69, 9.17) is 14.2 Å². The molecule has 0 saturated carbocycles. The minimum atomic E-state index is -0.274. The smallest absolute Gasteiger partial charge is 0.319 e. The van der Waals surface area contributed by atoms with Gasteiger partial charge >= 0.3 is 6.03 Å². The largest absolute Gasteiger partial charge is 0.493 e. The van der Waals surface area contributed by atoms with Crippen LogP contribution in [-0.2, 0) is 6.42 Å². The molecule has 2 amide bonds. The van der Waals surface area contributed by atoms with Crippen molar-refractivity contribution >= 4 is 11.7 Å². The topological polar surface area (TPSA) is 68.8 Å². The van der Waals surface area contributed by atoms with Gasteiger partial charge in [0, 0.05) is 12.2 Å². The second kappa shape index (κ2) is 10.0. The summed E-state index contributed by atoms with van der Waals surface area (Å²) in [5, 5.41) is 5.65. The standard InChI is InChI=1S/C23H24N2O4/c1-27-21-10-6-7-17(22(21)28-2)15-16-24-23(26)25-18-11-13-20(14-12-18)29-19-8-4-3-5-9-19/h3-14H,15-16H2,1-2H3,(H2,24,25,26). The first-order valence-electron chi connectivity index (χ1n) is 9.27. The second-order valence-electron chi connectivity index (χ2n) is 6.22. The lowest BCUT2D eigenvalue weighted by Crippen LogP contribution is -2.30. The molecule has 0 radical (unpaired) electrons. The van der Waals surface area contributed by atoms with E-state index in [2.05, 4.69) is 10.6 Å². The maximum Gasteiger partial charge on any atom is 0.319 e. The number of nitrogens with one attached hydrogen (secondary N) is 2. The van der Waals surface area contributed by atoms with Crippen molar-refractivity contribution in [1.82, 2.24) is 5.32 Å². The highest BCUT2D eigenvalue weighted by molar-refractivity contribution is 5.89. The van der Waals surface area contributed by atoms with E-state index in [9.17, 15) is 4.79 Å². The van der Waals surface area contributed by atoms with Gasteiger partial charge in [0.25, 0.3) is 0 Å². The third kappa shape index (κ3) is 5.65. The fourth-order valence-electron chi connectivity index (χ4n) is 2.87. The number of methoxy groups -OCH3 is 2. The molecule has 150 valence electrons. The van der Waals surface area contributed by atoms with Gasteiger partial charge in [-0.05, 0) is 54.4 Å². The van der Waals surface area contributed by atoms with Crippen LogP contribution in [0.25, 0.3) is 0 Å². The van der Waals surface area contributed by atoms with Crippen LogP contribution in [0.4, 0.5) is 10.5 Å². The van der Waals surface area contributed by atoms with Crippen LogP contribution in [0.15, 0.2) is 72.8 Å². The molecule has 0 saturated heterocycles. The third-order valence-corrected chi connectivity index (χ3v) is 4.26.